The average molecular weight is 571 g/mol. The van der Waals surface area contributed by atoms with E-state index < -0.39 is 37.7 Å². The molecular weight excluding hydrogens is 543 g/mol. The number of amides is 1. The second-order valence-electron chi connectivity index (χ2n) is 9.71. The van der Waals surface area contributed by atoms with Crippen molar-refractivity contribution in [3.63, 3.8) is 0 Å². The van der Waals surface area contributed by atoms with Crippen LogP contribution in [0.4, 0.5) is 4.39 Å². The minimum atomic E-state index is -4.24. The van der Waals surface area contributed by atoms with Gasteiger partial charge in [-0.2, -0.15) is 8.42 Å². The number of sulfonamides is 2. The fourth-order valence-corrected chi connectivity index (χ4v) is 8.62. The molecule has 5 rings (SSSR count). The molecule has 1 aromatic carbocycles. The van der Waals surface area contributed by atoms with Gasteiger partial charge in [0.15, 0.2) is 5.84 Å². The van der Waals surface area contributed by atoms with Gasteiger partial charge in [-0.05, 0) is 36.5 Å². The normalized spacial score (nSPS) is 26.1. The first-order chi connectivity index (χ1) is 17.4. The number of amidine groups is 1. The third kappa shape index (κ3) is 5.29. The number of hydrogen-bond donors (Lipinski definition) is 3. The maximum absolute atomic E-state index is 13.8. The molecule has 1 fully saturated rings. The van der Waals surface area contributed by atoms with Gasteiger partial charge in [0.2, 0.25) is 10.0 Å². The van der Waals surface area contributed by atoms with Crippen LogP contribution >= 0.6 is 11.8 Å². The van der Waals surface area contributed by atoms with Crippen molar-refractivity contribution in [2.24, 2.45) is 16.2 Å². The van der Waals surface area contributed by atoms with Crippen molar-refractivity contribution in [2.75, 3.05) is 18.6 Å². The molecule has 1 aliphatic carbocycles. The molecule has 10 nitrogen and oxygen atoms in total. The highest BCUT2D eigenvalue weighted by Crippen LogP contribution is 2.42. The zero-order chi connectivity index (χ0) is 26.5. The Balaban J connectivity index is 1.45. The highest BCUT2D eigenvalue weighted by Gasteiger charge is 2.45. The first-order valence-electron chi connectivity index (χ1n) is 11.8. The summed E-state index contributed by atoms with van der Waals surface area (Å²) in [5.74, 6) is -1.52. The number of halogens is 1. The van der Waals surface area contributed by atoms with Crippen LogP contribution in [-0.2, 0) is 31.4 Å². The Kier molecular flexibility index (Phi) is 6.88. The number of rotatable bonds is 7. The van der Waals surface area contributed by atoms with Crippen LogP contribution in [0.3, 0.4) is 0 Å². The summed E-state index contributed by atoms with van der Waals surface area (Å²) in [5.41, 5.74) is 0.509. The third-order valence-corrected chi connectivity index (χ3v) is 10.6. The molecule has 1 aromatic rings. The molecule has 0 aromatic heterocycles. The highest BCUT2D eigenvalue weighted by atomic mass is 32.2. The Bertz CT molecular complexity index is 1430. The minimum Gasteiger partial charge on any atom is -0.511 e. The van der Waals surface area contributed by atoms with Gasteiger partial charge < -0.3 is 15.3 Å². The highest BCUT2D eigenvalue weighted by molar-refractivity contribution is 8.05. The van der Waals surface area contributed by atoms with Gasteiger partial charge in [0.05, 0.1) is 11.3 Å². The van der Waals surface area contributed by atoms with Gasteiger partial charge in [0.1, 0.15) is 22.1 Å². The van der Waals surface area contributed by atoms with E-state index in [0.717, 1.165) is 25.5 Å². The maximum Gasteiger partial charge on any atom is 0.283 e. The fraction of sp³-hybridized carbons (Fsp3) is 0.478. The lowest BCUT2D eigenvalue weighted by Gasteiger charge is -2.44. The third-order valence-electron chi connectivity index (χ3n) is 7.10. The molecule has 1 saturated carbocycles. The van der Waals surface area contributed by atoms with E-state index in [4.69, 9.17) is 0 Å². The van der Waals surface area contributed by atoms with E-state index in [1.165, 1.54) is 23.9 Å². The Morgan fingerprint density at radius 3 is 2.59 bits per heavy atom. The second kappa shape index (κ2) is 9.71. The molecule has 200 valence electrons. The minimum absolute atomic E-state index is 0.0312. The SMILES string of the molecule is CS(=O)(=O)NCC1CSC2=C1S(=O)(=O)N=C(C1=C(O)CC(C3CCC3)N(Cc3ccc(F)cc3)C1=O)N2. The van der Waals surface area contributed by atoms with Crippen LogP contribution in [0.25, 0.3) is 0 Å². The lowest BCUT2D eigenvalue weighted by molar-refractivity contribution is -0.133. The molecule has 3 aliphatic heterocycles. The first-order valence-corrected chi connectivity index (χ1v) is 16.2. The molecule has 2 atom stereocenters. The standard InChI is InChI=1S/C23H27FN4O6S3/c1-36(31,32)25-10-15-12-35-22-20(15)37(33,34)27-21(26-22)19-18(29)9-17(14-3-2-4-14)28(23(19)30)11-13-5-7-16(24)8-6-13/h5-8,14-15,17,25,29H,2-4,9-12H2,1H3,(H,26,27). The Labute approximate surface area is 219 Å². The monoisotopic (exact) mass is 570 g/mol. The number of benzene rings is 1. The van der Waals surface area contributed by atoms with E-state index in [1.807, 2.05) is 0 Å². The molecule has 3 heterocycles. The Morgan fingerprint density at radius 1 is 1.27 bits per heavy atom. The van der Waals surface area contributed by atoms with Crippen LogP contribution in [0.15, 0.2) is 49.9 Å². The van der Waals surface area contributed by atoms with Crippen molar-refractivity contribution in [3.05, 3.63) is 56.9 Å². The summed E-state index contributed by atoms with van der Waals surface area (Å²) in [5, 5.41) is 14.1. The predicted molar refractivity (Wildman–Crippen MR) is 138 cm³/mol. The lowest BCUT2D eigenvalue weighted by Crippen LogP contribution is -2.52. The van der Waals surface area contributed by atoms with Gasteiger partial charge in [-0.25, -0.2) is 17.5 Å². The van der Waals surface area contributed by atoms with Gasteiger partial charge in [0, 0.05) is 37.2 Å². The number of nitrogens with one attached hydrogen (secondary N) is 2. The van der Waals surface area contributed by atoms with Crippen LogP contribution in [0.5, 0.6) is 0 Å². The van der Waals surface area contributed by atoms with Crippen LogP contribution < -0.4 is 10.0 Å². The molecular formula is C23H27FN4O6S3. The number of carbonyl (C=O) groups is 1. The van der Waals surface area contributed by atoms with Gasteiger partial charge in [0.25, 0.3) is 15.9 Å². The molecule has 2 unspecified atom stereocenters. The molecule has 0 bridgehead atoms. The van der Waals surface area contributed by atoms with E-state index in [-0.39, 0.29) is 58.6 Å². The summed E-state index contributed by atoms with van der Waals surface area (Å²) in [7, 11) is -7.75. The number of nitrogens with zero attached hydrogens (tertiary/aromatic N) is 2. The van der Waals surface area contributed by atoms with Crippen molar-refractivity contribution < 1.29 is 31.1 Å². The van der Waals surface area contributed by atoms with E-state index in [0.29, 0.717) is 11.3 Å². The van der Waals surface area contributed by atoms with Crippen LogP contribution in [-0.4, -0.2) is 63.2 Å². The maximum atomic E-state index is 13.8. The number of carbonyl (C=O) groups excluding carboxylic acids is 1. The van der Waals surface area contributed by atoms with Crippen molar-refractivity contribution in [1.82, 2.24) is 14.9 Å². The number of aliphatic hydroxyl groups excluding tert-OH is 1. The molecule has 0 spiro atoms. The zero-order valence-corrected chi connectivity index (χ0v) is 22.4. The van der Waals surface area contributed by atoms with Gasteiger partial charge in [-0.1, -0.05) is 18.6 Å². The summed E-state index contributed by atoms with van der Waals surface area (Å²) < 4.78 is 68.9. The van der Waals surface area contributed by atoms with E-state index in [2.05, 4.69) is 14.4 Å². The summed E-state index contributed by atoms with van der Waals surface area (Å²) in [4.78, 5) is 15.3. The summed E-state index contributed by atoms with van der Waals surface area (Å²) in [6.07, 6.45) is 4.03. The van der Waals surface area contributed by atoms with E-state index >= 15 is 0 Å². The number of hydrogen-bond acceptors (Lipinski definition) is 8. The first kappa shape index (κ1) is 26.2. The van der Waals surface area contributed by atoms with Crippen molar-refractivity contribution >= 4 is 43.6 Å². The second-order valence-corrected chi connectivity index (χ2v) is 14.1. The van der Waals surface area contributed by atoms with Crippen molar-refractivity contribution in [3.8, 4) is 0 Å². The van der Waals surface area contributed by atoms with Crippen LogP contribution in [0.2, 0.25) is 0 Å². The summed E-state index contributed by atoms with van der Waals surface area (Å²) >= 11 is 1.19. The molecule has 37 heavy (non-hydrogen) atoms. The number of aliphatic hydroxyl groups is 1. The molecule has 14 heteroatoms. The average Bonchev–Trinajstić information content (AvgIpc) is 3.18. The van der Waals surface area contributed by atoms with Crippen molar-refractivity contribution in [2.45, 2.75) is 38.3 Å². The van der Waals surface area contributed by atoms with Gasteiger partial charge in [-0.15, -0.1) is 16.2 Å². The van der Waals surface area contributed by atoms with Gasteiger partial charge >= 0.3 is 0 Å². The summed E-state index contributed by atoms with van der Waals surface area (Å²) in [6.45, 7) is 0.0802. The van der Waals surface area contributed by atoms with Crippen molar-refractivity contribution in [1.29, 1.82) is 0 Å². The molecule has 0 saturated heterocycles. The number of thioether (sulfide) groups is 1. The molecule has 0 radical (unpaired) electrons. The molecule has 3 N–H and O–H groups in total. The Morgan fingerprint density at radius 2 is 1.97 bits per heavy atom. The summed E-state index contributed by atoms with van der Waals surface area (Å²) in [6, 6.07) is 5.55. The smallest absolute Gasteiger partial charge is 0.283 e. The van der Waals surface area contributed by atoms with Gasteiger partial charge in [-0.3, -0.25) is 4.79 Å². The quantitative estimate of drug-likeness (QED) is 0.451. The lowest BCUT2D eigenvalue weighted by atomic mass is 9.76. The molecule has 4 aliphatic rings. The van der Waals surface area contributed by atoms with Crippen LogP contribution in [0.1, 0.15) is 31.2 Å². The van der Waals surface area contributed by atoms with E-state index in [1.54, 1.807) is 17.0 Å². The predicted octanol–water partition coefficient (Wildman–Crippen LogP) is 1.95. The Hall–Kier alpha value is -2.42. The zero-order valence-electron chi connectivity index (χ0n) is 20.0. The topological polar surface area (TPSA) is 145 Å². The largest absolute Gasteiger partial charge is 0.511 e. The van der Waals surface area contributed by atoms with Crippen LogP contribution in [0, 0.1) is 17.7 Å². The fourth-order valence-electron chi connectivity index (χ4n) is 5.04. The van der Waals surface area contributed by atoms with E-state index in [9.17, 15) is 31.1 Å². The molecule has 1 amide bonds.